The van der Waals surface area contributed by atoms with Gasteiger partial charge in [0, 0.05) is 6.04 Å². The molecule has 15 heavy (non-hydrogen) atoms. The molecule has 0 fully saturated rings. The number of imidazole rings is 1. The predicted octanol–water partition coefficient (Wildman–Crippen LogP) is -0.233. The number of aliphatic hydroxyl groups is 1. The van der Waals surface area contributed by atoms with Gasteiger partial charge in [-0.1, -0.05) is 6.92 Å². The largest absolute Gasteiger partial charge is 0.395 e. The van der Waals surface area contributed by atoms with Crippen molar-refractivity contribution in [1.29, 1.82) is 0 Å². The van der Waals surface area contributed by atoms with Crippen LogP contribution in [0.2, 0.25) is 0 Å². The molecule has 0 aliphatic rings. The number of H-pyrrole nitrogens is 1. The number of nitrogens with zero attached hydrogens (tertiary/aromatic N) is 1. The number of nitrogens with one attached hydrogen (secondary N) is 2. The van der Waals surface area contributed by atoms with Crippen molar-refractivity contribution in [3.63, 3.8) is 0 Å². The number of aromatic amines is 1. The normalized spacial score (nSPS) is 14.1. The van der Waals surface area contributed by atoms with Gasteiger partial charge in [-0.3, -0.25) is 0 Å². The molecule has 1 aromatic rings. The SMILES string of the molecule is CC[C@@H](CO)NS(=O)(=O)c1cnc(C)[nH]1. The van der Waals surface area contributed by atoms with Gasteiger partial charge in [0.2, 0.25) is 0 Å². The van der Waals surface area contributed by atoms with Gasteiger partial charge in [-0.25, -0.2) is 18.1 Å². The number of hydrogen-bond donors (Lipinski definition) is 3. The minimum absolute atomic E-state index is 0.0203. The lowest BCUT2D eigenvalue weighted by molar-refractivity contribution is 0.253. The van der Waals surface area contributed by atoms with Crippen LogP contribution >= 0.6 is 0 Å². The first-order valence-corrected chi connectivity index (χ1v) is 6.12. The lowest BCUT2D eigenvalue weighted by Gasteiger charge is -2.12. The van der Waals surface area contributed by atoms with Crippen LogP contribution in [0, 0.1) is 6.92 Å². The van der Waals surface area contributed by atoms with Gasteiger partial charge >= 0.3 is 0 Å². The molecule has 0 bridgehead atoms. The number of hydrogen-bond acceptors (Lipinski definition) is 4. The number of rotatable bonds is 5. The molecule has 0 saturated heterocycles. The van der Waals surface area contributed by atoms with E-state index in [1.807, 2.05) is 0 Å². The van der Waals surface area contributed by atoms with E-state index >= 15 is 0 Å². The third-order valence-corrected chi connectivity index (χ3v) is 3.43. The van der Waals surface area contributed by atoms with Gasteiger partial charge < -0.3 is 10.1 Å². The zero-order valence-corrected chi connectivity index (χ0v) is 9.50. The average molecular weight is 233 g/mol. The molecule has 1 aromatic heterocycles. The van der Waals surface area contributed by atoms with Crippen molar-refractivity contribution < 1.29 is 13.5 Å². The Morgan fingerprint density at radius 3 is 2.73 bits per heavy atom. The Morgan fingerprint density at radius 2 is 2.33 bits per heavy atom. The highest BCUT2D eigenvalue weighted by Crippen LogP contribution is 2.06. The number of aliphatic hydroxyl groups excluding tert-OH is 1. The summed E-state index contributed by atoms with van der Waals surface area (Å²) in [5, 5.41) is 8.91. The van der Waals surface area contributed by atoms with Crippen LogP contribution in [0.1, 0.15) is 19.2 Å². The quantitative estimate of drug-likeness (QED) is 0.654. The lowest BCUT2D eigenvalue weighted by atomic mass is 10.3. The second-order valence-corrected chi connectivity index (χ2v) is 4.92. The van der Waals surface area contributed by atoms with Crippen LogP contribution in [0.4, 0.5) is 0 Å². The summed E-state index contributed by atoms with van der Waals surface area (Å²) in [7, 11) is -3.59. The van der Waals surface area contributed by atoms with Crippen LogP contribution in [0.3, 0.4) is 0 Å². The minimum Gasteiger partial charge on any atom is -0.395 e. The van der Waals surface area contributed by atoms with Crippen molar-refractivity contribution in [2.75, 3.05) is 6.61 Å². The van der Waals surface area contributed by atoms with E-state index in [2.05, 4.69) is 14.7 Å². The minimum atomic E-state index is -3.59. The molecule has 0 radical (unpaired) electrons. The average Bonchev–Trinajstić information content (AvgIpc) is 2.62. The Morgan fingerprint density at radius 1 is 1.67 bits per heavy atom. The summed E-state index contributed by atoms with van der Waals surface area (Å²) in [5.41, 5.74) is 0. The Balaban J connectivity index is 2.84. The lowest BCUT2D eigenvalue weighted by Crippen LogP contribution is -2.37. The summed E-state index contributed by atoms with van der Waals surface area (Å²) in [6, 6.07) is -0.460. The first kappa shape index (κ1) is 12.2. The predicted molar refractivity (Wildman–Crippen MR) is 54.8 cm³/mol. The smallest absolute Gasteiger partial charge is 0.257 e. The van der Waals surface area contributed by atoms with Crippen LogP contribution < -0.4 is 4.72 Å². The summed E-state index contributed by atoms with van der Waals surface area (Å²) in [6.45, 7) is 3.24. The molecule has 0 unspecified atom stereocenters. The molecule has 3 N–H and O–H groups in total. The molecule has 1 atom stereocenters. The first-order chi connectivity index (χ1) is 6.99. The van der Waals surface area contributed by atoms with Gasteiger partial charge in [0.1, 0.15) is 5.82 Å². The van der Waals surface area contributed by atoms with Gasteiger partial charge in [-0.15, -0.1) is 0 Å². The standard InChI is InChI=1S/C8H15N3O3S/c1-3-7(5-12)11-15(13,14)8-4-9-6(2)10-8/h4,7,11-12H,3,5H2,1-2H3,(H,9,10)/t7-/m0/s1. The second kappa shape index (κ2) is 4.73. The van der Waals surface area contributed by atoms with Gasteiger partial charge in [-0.2, -0.15) is 0 Å². The molecule has 7 heteroatoms. The topological polar surface area (TPSA) is 95.1 Å². The summed E-state index contributed by atoms with van der Waals surface area (Å²) in [6.07, 6.45) is 1.78. The maximum absolute atomic E-state index is 11.7. The molecular weight excluding hydrogens is 218 g/mol. The third kappa shape index (κ3) is 3.01. The van der Waals surface area contributed by atoms with Crippen molar-refractivity contribution in [2.45, 2.75) is 31.3 Å². The Bertz CT molecular complexity index is 409. The fraction of sp³-hybridized carbons (Fsp3) is 0.625. The molecule has 0 amide bonds. The van der Waals surface area contributed by atoms with Crippen LogP contribution in [-0.4, -0.2) is 36.1 Å². The number of aryl methyl sites for hydroxylation is 1. The van der Waals surface area contributed by atoms with E-state index in [-0.39, 0.29) is 11.6 Å². The summed E-state index contributed by atoms with van der Waals surface area (Å²) < 4.78 is 25.7. The Labute approximate surface area is 88.8 Å². The van der Waals surface area contributed by atoms with E-state index < -0.39 is 16.1 Å². The van der Waals surface area contributed by atoms with E-state index in [1.165, 1.54) is 6.20 Å². The zero-order valence-electron chi connectivity index (χ0n) is 8.69. The highest BCUT2D eigenvalue weighted by Gasteiger charge is 2.20. The van der Waals surface area contributed by atoms with Crippen LogP contribution in [0.5, 0.6) is 0 Å². The molecule has 0 spiro atoms. The summed E-state index contributed by atoms with van der Waals surface area (Å²) >= 11 is 0. The Hall–Kier alpha value is -0.920. The molecule has 6 nitrogen and oxygen atoms in total. The van der Waals surface area contributed by atoms with Gasteiger partial charge in [0.15, 0.2) is 5.03 Å². The molecule has 0 aliphatic carbocycles. The number of sulfonamides is 1. The van der Waals surface area contributed by atoms with E-state index in [0.29, 0.717) is 12.2 Å². The molecule has 0 aliphatic heterocycles. The summed E-state index contributed by atoms with van der Waals surface area (Å²) in [4.78, 5) is 6.43. The first-order valence-electron chi connectivity index (χ1n) is 4.64. The van der Waals surface area contributed by atoms with E-state index in [1.54, 1.807) is 13.8 Å². The third-order valence-electron chi connectivity index (χ3n) is 2.00. The highest BCUT2D eigenvalue weighted by atomic mass is 32.2. The van der Waals surface area contributed by atoms with Crippen LogP contribution in [0.25, 0.3) is 0 Å². The molecule has 0 aromatic carbocycles. The maximum atomic E-state index is 11.7. The second-order valence-electron chi connectivity index (χ2n) is 3.24. The Kier molecular flexibility index (Phi) is 3.83. The fourth-order valence-corrected chi connectivity index (χ4v) is 2.35. The molecule has 1 rings (SSSR count). The molecule has 0 saturated carbocycles. The molecular formula is C8H15N3O3S. The van der Waals surface area contributed by atoms with E-state index in [0.717, 1.165) is 0 Å². The van der Waals surface area contributed by atoms with Crippen LogP contribution in [0.15, 0.2) is 11.2 Å². The van der Waals surface area contributed by atoms with Crippen molar-refractivity contribution in [2.24, 2.45) is 0 Å². The van der Waals surface area contributed by atoms with Crippen molar-refractivity contribution in [1.82, 2.24) is 14.7 Å². The summed E-state index contributed by atoms with van der Waals surface area (Å²) in [5.74, 6) is 0.535. The van der Waals surface area contributed by atoms with Crippen molar-refractivity contribution in [3.05, 3.63) is 12.0 Å². The maximum Gasteiger partial charge on any atom is 0.257 e. The zero-order chi connectivity index (χ0) is 11.5. The van der Waals surface area contributed by atoms with Crippen LogP contribution in [-0.2, 0) is 10.0 Å². The molecule has 1 heterocycles. The highest BCUT2D eigenvalue weighted by molar-refractivity contribution is 7.89. The van der Waals surface area contributed by atoms with Crippen molar-refractivity contribution >= 4 is 10.0 Å². The van der Waals surface area contributed by atoms with E-state index in [4.69, 9.17) is 5.11 Å². The van der Waals surface area contributed by atoms with E-state index in [9.17, 15) is 8.42 Å². The monoisotopic (exact) mass is 233 g/mol. The number of aromatic nitrogens is 2. The van der Waals surface area contributed by atoms with Crippen molar-refractivity contribution in [3.8, 4) is 0 Å². The van der Waals surface area contributed by atoms with Gasteiger partial charge in [0.25, 0.3) is 10.0 Å². The van der Waals surface area contributed by atoms with Gasteiger partial charge in [-0.05, 0) is 13.3 Å². The molecule has 86 valence electrons. The van der Waals surface area contributed by atoms with Gasteiger partial charge in [0.05, 0.1) is 12.8 Å². The fourth-order valence-electron chi connectivity index (χ4n) is 1.07.